The maximum Gasteiger partial charge on any atom is 0.261 e. The van der Waals surface area contributed by atoms with Gasteiger partial charge in [-0.25, -0.2) is 8.42 Å². The van der Waals surface area contributed by atoms with Crippen molar-refractivity contribution in [2.75, 3.05) is 4.72 Å². The third kappa shape index (κ3) is 4.66. The molecule has 0 aliphatic rings. The molecule has 8 heteroatoms. The first kappa shape index (κ1) is 19.8. The Labute approximate surface area is 176 Å². The summed E-state index contributed by atoms with van der Waals surface area (Å²) in [7, 11) is -3.85. The van der Waals surface area contributed by atoms with E-state index in [4.69, 9.17) is 11.6 Å². The number of ketones is 1. The molecule has 1 aromatic heterocycles. The predicted molar refractivity (Wildman–Crippen MR) is 114 cm³/mol. The number of anilines is 1. The molecule has 1 N–H and O–H groups in total. The van der Waals surface area contributed by atoms with Crippen molar-refractivity contribution < 1.29 is 13.2 Å². The van der Waals surface area contributed by atoms with Crippen molar-refractivity contribution in [3.63, 3.8) is 0 Å². The molecule has 27 heavy (non-hydrogen) atoms. The zero-order chi connectivity index (χ0) is 19.4. The van der Waals surface area contributed by atoms with Crippen LogP contribution in [0.5, 0.6) is 0 Å². The Morgan fingerprint density at radius 3 is 2.48 bits per heavy atom. The van der Waals surface area contributed by atoms with E-state index in [0.717, 1.165) is 9.99 Å². The van der Waals surface area contributed by atoms with E-state index in [1.807, 2.05) is 0 Å². The van der Waals surface area contributed by atoms with Gasteiger partial charge in [-0.2, -0.15) is 0 Å². The van der Waals surface area contributed by atoms with Crippen molar-refractivity contribution in [1.29, 1.82) is 0 Å². The molecule has 0 radical (unpaired) electrons. The SMILES string of the molecule is O=C(c1cccnc1)c1cc(Cl)ccc1NS(=O)(=O)c1ccc(CI)cc1. The number of hydrogen-bond acceptors (Lipinski definition) is 4. The van der Waals surface area contributed by atoms with Gasteiger partial charge in [-0.1, -0.05) is 46.3 Å². The molecular formula is C19H14ClIN2O3S. The minimum Gasteiger partial charge on any atom is -0.288 e. The van der Waals surface area contributed by atoms with Crippen LogP contribution >= 0.6 is 34.2 Å². The Kier molecular flexibility index (Phi) is 6.13. The van der Waals surface area contributed by atoms with Gasteiger partial charge in [0, 0.05) is 33.0 Å². The monoisotopic (exact) mass is 512 g/mol. The van der Waals surface area contributed by atoms with E-state index in [-0.39, 0.29) is 21.9 Å². The summed E-state index contributed by atoms with van der Waals surface area (Å²) in [5.41, 5.74) is 1.68. The molecule has 0 fully saturated rings. The highest BCUT2D eigenvalue weighted by molar-refractivity contribution is 14.1. The highest BCUT2D eigenvalue weighted by Gasteiger charge is 2.20. The maximum atomic E-state index is 12.8. The highest BCUT2D eigenvalue weighted by Crippen LogP contribution is 2.26. The first-order chi connectivity index (χ1) is 12.9. The first-order valence-corrected chi connectivity index (χ1v) is 11.2. The van der Waals surface area contributed by atoms with Gasteiger partial charge in [0.1, 0.15) is 0 Å². The van der Waals surface area contributed by atoms with Crippen LogP contribution < -0.4 is 4.72 Å². The van der Waals surface area contributed by atoms with Crippen LogP contribution in [0, 0.1) is 0 Å². The van der Waals surface area contributed by atoms with Crippen molar-refractivity contribution in [1.82, 2.24) is 4.98 Å². The summed E-state index contributed by atoms with van der Waals surface area (Å²) in [6, 6.07) is 14.3. The van der Waals surface area contributed by atoms with Gasteiger partial charge in [0.05, 0.1) is 10.6 Å². The normalized spacial score (nSPS) is 11.2. The number of halogens is 2. The van der Waals surface area contributed by atoms with Gasteiger partial charge >= 0.3 is 0 Å². The van der Waals surface area contributed by atoms with E-state index >= 15 is 0 Å². The number of carbonyl (C=O) groups is 1. The number of carbonyl (C=O) groups excluding carboxylic acids is 1. The molecule has 5 nitrogen and oxygen atoms in total. The number of nitrogens with zero attached hydrogens (tertiary/aromatic N) is 1. The van der Waals surface area contributed by atoms with Crippen molar-refractivity contribution >= 4 is 55.7 Å². The minimum absolute atomic E-state index is 0.117. The number of benzene rings is 2. The summed E-state index contributed by atoms with van der Waals surface area (Å²) in [5.74, 6) is -0.372. The van der Waals surface area contributed by atoms with Gasteiger partial charge in [0.15, 0.2) is 5.78 Å². The zero-order valence-electron chi connectivity index (χ0n) is 13.9. The maximum absolute atomic E-state index is 12.8. The molecule has 0 unspecified atom stereocenters. The average molecular weight is 513 g/mol. The fourth-order valence-electron chi connectivity index (χ4n) is 2.41. The van der Waals surface area contributed by atoms with Crippen LogP contribution in [0.15, 0.2) is 71.9 Å². The van der Waals surface area contributed by atoms with Crippen LogP contribution in [0.25, 0.3) is 0 Å². The lowest BCUT2D eigenvalue weighted by molar-refractivity contribution is 0.103. The van der Waals surface area contributed by atoms with Gasteiger partial charge in [-0.15, -0.1) is 0 Å². The summed E-state index contributed by atoms with van der Waals surface area (Å²) in [6.07, 6.45) is 2.97. The van der Waals surface area contributed by atoms with Crippen molar-refractivity contribution in [3.8, 4) is 0 Å². The molecule has 2 aromatic carbocycles. The summed E-state index contributed by atoms with van der Waals surface area (Å²) >= 11 is 8.23. The lowest BCUT2D eigenvalue weighted by Crippen LogP contribution is -2.16. The van der Waals surface area contributed by atoms with Gasteiger partial charge in [0.25, 0.3) is 10.0 Å². The van der Waals surface area contributed by atoms with E-state index in [1.54, 1.807) is 30.5 Å². The van der Waals surface area contributed by atoms with E-state index in [9.17, 15) is 13.2 Å². The van der Waals surface area contributed by atoms with Gasteiger partial charge in [-0.3, -0.25) is 14.5 Å². The van der Waals surface area contributed by atoms with Crippen LogP contribution in [0.1, 0.15) is 21.5 Å². The smallest absolute Gasteiger partial charge is 0.261 e. The molecule has 3 rings (SSSR count). The second-order valence-corrected chi connectivity index (χ2v) is 8.53. The summed E-state index contributed by atoms with van der Waals surface area (Å²) < 4.78 is 28.7. The molecule has 0 saturated carbocycles. The first-order valence-electron chi connectivity index (χ1n) is 7.83. The molecule has 0 atom stereocenters. The topological polar surface area (TPSA) is 76.1 Å². The number of aromatic nitrogens is 1. The quantitative estimate of drug-likeness (QED) is 0.295. The largest absolute Gasteiger partial charge is 0.288 e. The molecule has 0 spiro atoms. The number of hydrogen-bond donors (Lipinski definition) is 1. The van der Waals surface area contributed by atoms with Crippen LogP contribution in [0.3, 0.4) is 0 Å². The second kappa shape index (κ2) is 8.37. The lowest BCUT2D eigenvalue weighted by atomic mass is 10.0. The molecule has 3 aromatic rings. The van der Waals surface area contributed by atoms with Crippen molar-refractivity contribution in [2.24, 2.45) is 0 Å². The summed E-state index contributed by atoms with van der Waals surface area (Å²) in [4.78, 5) is 16.8. The standard InChI is InChI=1S/C19H14ClIN2O3S/c20-15-5-8-18(17(10-15)19(24)14-2-1-9-22-12-14)23-27(25,26)16-6-3-13(11-21)4-7-16/h1-10,12,23H,11H2. The Bertz CT molecular complexity index is 1070. The van der Waals surface area contributed by atoms with Crippen LogP contribution in [-0.4, -0.2) is 19.2 Å². The third-order valence-electron chi connectivity index (χ3n) is 3.78. The van der Waals surface area contributed by atoms with E-state index in [1.165, 1.54) is 36.5 Å². The van der Waals surface area contributed by atoms with Gasteiger partial charge in [-0.05, 0) is 48.0 Å². The highest BCUT2D eigenvalue weighted by atomic mass is 127. The third-order valence-corrected chi connectivity index (χ3v) is 6.28. The number of alkyl halides is 1. The summed E-state index contributed by atoms with van der Waals surface area (Å²) in [6.45, 7) is 0. The molecule has 1 heterocycles. The number of nitrogens with one attached hydrogen (secondary N) is 1. The Morgan fingerprint density at radius 2 is 1.85 bits per heavy atom. The van der Waals surface area contributed by atoms with Crippen LogP contribution in [0.4, 0.5) is 5.69 Å². The molecule has 0 amide bonds. The fraction of sp³-hybridized carbons (Fsp3) is 0.0526. The number of rotatable bonds is 6. The van der Waals surface area contributed by atoms with Crippen LogP contribution in [0.2, 0.25) is 5.02 Å². The second-order valence-electron chi connectivity index (χ2n) is 5.64. The van der Waals surface area contributed by atoms with Crippen molar-refractivity contribution in [3.05, 3.63) is 88.7 Å². The molecule has 0 bridgehead atoms. The van der Waals surface area contributed by atoms with E-state index < -0.39 is 10.0 Å². The number of pyridine rings is 1. The molecular weight excluding hydrogens is 499 g/mol. The van der Waals surface area contributed by atoms with E-state index in [0.29, 0.717) is 10.6 Å². The minimum atomic E-state index is -3.85. The Morgan fingerprint density at radius 1 is 1.11 bits per heavy atom. The van der Waals surface area contributed by atoms with Gasteiger partial charge < -0.3 is 0 Å². The predicted octanol–water partition coefficient (Wildman–Crippen LogP) is 4.70. The number of sulfonamides is 1. The van der Waals surface area contributed by atoms with Crippen molar-refractivity contribution in [2.45, 2.75) is 9.32 Å². The summed E-state index contributed by atoms with van der Waals surface area (Å²) in [5, 5.41) is 0.330. The molecule has 0 aliphatic carbocycles. The van der Waals surface area contributed by atoms with Gasteiger partial charge in [0.2, 0.25) is 0 Å². The van der Waals surface area contributed by atoms with Crippen LogP contribution in [-0.2, 0) is 14.5 Å². The molecule has 0 aliphatic heterocycles. The zero-order valence-corrected chi connectivity index (χ0v) is 17.6. The average Bonchev–Trinajstić information content (AvgIpc) is 2.69. The fourth-order valence-corrected chi connectivity index (χ4v) is 4.17. The lowest BCUT2D eigenvalue weighted by Gasteiger charge is -2.13. The molecule has 0 saturated heterocycles. The Hall–Kier alpha value is -1.97. The Balaban J connectivity index is 1.98. The molecule has 138 valence electrons. The van der Waals surface area contributed by atoms with E-state index in [2.05, 4.69) is 32.3 Å².